The van der Waals surface area contributed by atoms with Crippen LogP contribution in [0.1, 0.15) is 58.1 Å². The van der Waals surface area contributed by atoms with Crippen LogP contribution in [0.3, 0.4) is 0 Å². The lowest BCUT2D eigenvalue weighted by atomic mass is 10.0. The molecule has 1 aromatic heterocycles. The number of fused-ring (bicyclic) bond motifs is 1. The van der Waals surface area contributed by atoms with E-state index in [2.05, 4.69) is 23.3 Å². The normalized spacial score (nSPS) is 11.8. The van der Waals surface area contributed by atoms with E-state index in [9.17, 15) is 10.1 Å². The molecular formula is C21H29N5O. The highest BCUT2D eigenvalue weighted by atomic mass is 16.1. The predicted molar refractivity (Wildman–Crippen MR) is 109 cm³/mol. The van der Waals surface area contributed by atoms with Crippen molar-refractivity contribution >= 4 is 22.8 Å². The first-order valence-corrected chi connectivity index (χ1v) is 9.85. The third-order valence-corrected chi connectivity index (χ3v) is 4.64. The lowest BCUT2D eigenvalue weighted by Gasteiger charge is -2.24. The molecule has 0 bridgehead atoms. The molecule has 0 saturated heterocycles. The minimum Gasteiger partial charge on any atom is -0.356 e. The standard InChI is InChI=1S/C21H29N5O/c1-4-7-8-11-14-23-21(27)16(15-22)19-20(26(5-2)6-3)25-18-13-10-9-12-17(18)24-19/h9-10,12-13,16H,4-8,11,14H2,1-3H3,(H,23,27)/t16-/m0/s1. The number of nitriles is 1. The fourth-order valence-electron chi connectivity index (χ4n) is 3.06. The van der Waals surface area contributed by atoms with Crippen molar-refractivity contribution in [3.05, 3.63) is 30.0 Å². The zero-order chi connectivity index (χ0) is 19.6. The number of nitrogens with zero attached hydrogens (tertiary/aromatic N) is 4. The molecule has 1 atom stereocenters. The van der Waals surface area contributed by atoms with Crippen LogP contribution >= 0.6 is 0 Å². The fraction of sp³-hybridized carbons (Fsp3) is 0.524. The van der Waals surface area contributed by atoms with E-state index in [0.29, 0.717) is 23.6 Å². The maximum Gasteiger partial charge on any atom is 0.243 e. The number of aromatic nitrogens is 2. The minimum atomic E-state index is -0.969. The maximum atomic E-state index is 12.7. The first-order chi connectivity index (χ1) is 13.2. The second kappa shape index (κ2) is 10.5. The molecule has 1 amide bonds. The molecule has 2 aromatic rings. The summed E-state index contributed by atoms with van der Waals surface area (Å²) in [4.78, 5) is 24.1. The number of amides is 1. The van der Waals surface area contributed by atoms with Crippen LogP contribution in [-0.4, -0.2) is 35.5 Å². The van der Waals surface area contributed by atoms with Crippen LogP contribution in [0.4, 0.5) is 5.82 Å². The van der Waals surface area contributed by atoms with Gasteiger partial charge in [-0.25, -0.2) is 9.97 Å². The molecule has 1 N–H and O–H groups in total. The van der Waals surface area contributed by atoms with Crippen molar-refractivity contribution in [3.63, 3.8) is 0 Å². The number of anilines is 1. The Balaban J connectivity index is 2.33. The fourth-order valence-corrected chi connectivity index (χ4v) is 3.06. The highest BCUT2D eigenvalue weighted by Crippen LogP contribution is 2.27. The van der Waals surface area contributed by atoms with Crippen molar-refractivity contribution in [1.29, 1.82) is 5.26 Å². The Morgan fingerprint density at radius 3 is 2.37 bits per heavy atom. The van der Waals surface area contributed by atoms with Gasteiger partial charge in [0.15, 0.2) is 11.7 Å². The van der Waals surface area contributed by atoms with Crippen LogP contribution in [0.25, 0.3) is 11.0 Å². The van der Waals surface area contributed by atoms with E-state index < -0.39 is 5.92 Å². The summed E-state index contributed by atoms with van der Waals surface area (Å²) in [5, 5.41) is 12.6. The van der Waals surface area contributed by atoms with Crippen molar-refractivity contribution in [3.8, 4) is 6.07 Å². The molecule has 1 heterocycles. The minimum absolute atomic E-state index is 0.299. The van der Waals surface area contributed by atoms with Crippen LogP contribution < -0.4 is 10.2 Å². The average Bonchev–Trinajstić information content (AvgIpc) is 2.69. The van der Waals surface area contributed by atoms with Crippen molar-refractivity contribution in [1.82, 2.24) is 15.3 Å². The predicted octanol–water partition coefficient (Wildman–Crippen LogP) is 3.78. The lowest BCUT2D eigenvalue weighted by Crippen LogP contribution is -2.32. The van der Waals surface area contributed by atoms with E-state index in [-0.39, 0.29) is 5.91 Å². The number of hydrogen-bond acceptors (Lipinski definition) is 5. The second-order valence-electron chi connectivity index (χ2n) is 6.51. The zero-order valence-corrected chi connectivity index (χ0v) is 16.5. The number of para-hydroxylation sites is 2. The van der Waals surface area contributed by atoms with E-state index in [4.69, 9.17) is 4.98 Å². The Bertz CT molecular complexity index is 795. The van der Waals surface area contributed by atoms with Gasteiger partial charge in [-0.3, -0.25) is 4.79 Å². The Labute approximate surface area is 161 Å². The van der Waals surface area contributed by atoms with Crippen LogP contribution in [0.2, 0.25) is 0 Å². The van der Waals surface area contributed by atoms with E-state index in [1.54, 1.807) is 0 Å². The molecule has 0 unspecified atom stereocenters. The Hall–Kier alpha value is -2.68. The number of carbonyl (C=O) groups excluding carboxylic acids is 1. The van der Waals surface area contributed by atoms with Crippen molar-refractivity contribution in [2.75, 3.05) is 24.5 Å². The van der Waals surface area contributed by atoms with Crippen molar-refractivity contribution in [2.45, 2.75) is 52.4 Å². The molecule has 6 heteroatoms. The van der Waals surface area contributed by atoms with Crippen LogP contribution in [0.15, 0.2) is 24.3 Å². The highest BCUT2D eigenvalue weighted by Gasteiger charge is 2.27. The Morgan fingerprint density at radius 2 is 1.78 bits per heavy atom. The summed E-state index contributed by atoms with van der Waals surface area (Å²) in [7, 11) is 0. The monoisotopic (exact) mass is 367 g/mol. The lowest BCUT2D eigenvalue weighted by molar-refractivity contribution is -0.121. The van der Waals surface area contributed by atoms with Crippen LogP contribution in [-0.2, 0) is 4.79 Å². The van der Waals surface area contributed by atoms with Gasteiger partial charge in [-0.15, -0.1) is 0 Å². The molecule has 6 nitrogen and oxygen atoms in total. The maximum absolute atomic E-state index is 12.7. The number of rotatable bonds is 10. The van der Waals surface area contributed by atoms with Gasteiger partial charge >= 0.3 is 0 Å². The molecule has 0 radical (unpaired) electrons. The highest BCUT2D eigenvalue weighted by molar-refractivity contribution is 5.88. The largest absolute Gasteiger partial charge is 0.356 e. The molecule has 2 rings (SSSR count). The average molecular weight is 367 g/mol. The topological polar surface area (TPSA) is 81.9 Å². The third kappa shape index (κ3) is 5.16. The summed E-state index contributed by atoms with van der Waals surface area (Å²) in [6.07, 6.45) is 4.30. The third-order valence-electron chi connectivity index (χ3n) is 4.64. The number of benzene rings is 1. The van der Waals surface area contributed by atoms with Gasteiger partial charge in [0.1, 0.15) is 5.69 Å². The van der Waals surface area contributed by atoms with Gasteiger partial charge in [0.05, 0.1) is 17.1 Å². The molecule has 0 saturated carbocycles. The van der Waals surface area contributed by atoms with Crippen LogP contribution in [0, 0.1) is 11.3 Å². The number of carbonyl (C=O) groups is 1. The molecule has 0 fully saturated rings. The first kappa shape index (κ1) is 20.6. The van der Waals surface area contributed by atoms with E-state index in [1.807, 2.05) is 43.0 Å². The van der Waals surface area contributed by atoms with E-state index >= 15 is 0 Å². The summed E-state index contributed by atoms with van der Waals surface area (Å²) in [6, 6.07) is 9.68. The molecule has 0 aliphatic rings. The van der Waals surface area contributed by atoms with Gasteiger partial charge in [0.2, 0.25) is 5.91 Å². The first-order valence-electron chi connectivity index (χ1n) is 9.85. The SMILES string of the molecule is CCCCCCNC(=O)[C@@H](C#N)c1nc2ccccc2nc1N(CC)CC. The van der Waals surface area contributed by atoms with Gasteiger partial charge in [-0.1, -0.05) is 38.3 Å². The van der Waals surface area contributed by atoms with E-state index in [0.717, 1.165) is 44.3 Å². The van der Waals surface area contributed by atoms with Crippen molar-refractivity contribution < 1.29 is 4.79 Å². The molecule has 0 aliphatic heterocycles. The second-order valence-corrected chi connectivity index (χ2v) is 6.51. The molecule has 1 aromatic carbocycles. The van der Waals surface area contributed by atoms with Crippen molar-refractivity contribution in [2.24, 2.45) is 0 Å². The summed E-state index contributed by atoms with van der Waals surface area (Å²) >= 11 is 0. The van der Waals surface area contributed by atoms with Gasteiger partial charge in [-0.05, 0) is 32.4 Å². The van der Waals surface area contributed by atoms with E-state index in [1.165, 1.54) is 0 Å². The summed E-state index contributed by atoms with van der Waals surface area (Å²) in [6.45, 7) is 8.25. The number of hydrogen-bond donors (Lipinski definition) is 1. The number of nitrogens with one attached hydrogen (secondary N) is 1. The Morgan fingerprint density at radius 1 is 1.11 bits per heavy atom. The summed E-state index contributed by atoms with van der Waals surface area (Å²) in [5.41, 5.74) is 1.89. The van der Waals surface area contributed by atoms with Gasteiger partial charge in [-0.2, -0.15) is 5.26 Å². The smallest absolute Gasteiger partial charge is 0.243 e. The molecule has 0 aliphatic carbocycles. The van der Waals surface area contributed by atoms with Gasteiger partial charge in [0.25, 0.3) is 0 Å². The summed E-state index contributed by atoms with van der Waals surface area (Å²) in [5.74, 6) is -0.651. The van der Waals surface area contributed by atoms with Gasteiger partial charge in [0, 0.05) is 19.6 Å². The molecule has 0 spiro atoms. The molecule has 27 heavy (non-hydrogen) atoms. The molecule has 144 valence electrons. The zero-order valence-electron chi connectivity index (χ0n) is 16.5. The van der Waals surface area contributed by atoms with Gasteiger partial charge < -0.3 is 10.2 Å². The summed E-state index contributed by atoms with van der Waals surface area (Å²) < 4.78 is 0. The number of unbranched alkanes of at least 4 members (excludes halogenated alkanes) is 3. The quantitative estimate of drug-likeness (QED) is 0.646. The molecular weight excluding hydrogens is 338 g/mol. The van der Waals surface area contributed by atoms with Crippen LogP contribution in [0.5, 0.6) is 0 Å². The Kier molecular flexibility index (Phi) is 8.00.